The zero-order valence-electron chi connectivity index (χ0n) is 50.8. The highest BCUT2D eigenvalue weighted by molar-refractivity contribution is 5.76. The van der Waals surface area contributed by atoms with Gasteiger partial charge in [0.1, 0.15) is 0 Å². The number of rotatable bonds is 64. The molecule has 2 atom stereocenters. The molecule has 0 spiro atoms. The van der Waals surface area contributed by atoms with Gasteiger partial charge < -0.3 is 20.3 Å². The average molecular weight is 1060 g/mol. The average Bonchev–Trinajstić information content (AvgIpc) is 3.41. The maximum absolute atomic E-state index is 12.5. The number of esters is 1. The number of hydrogen-bond donors (Lipinski definition) is 3. The molecule has 0 bridgehead atoms. The summed E-state index contributed by atoms with van der Waals surface area (Å²) in [4.78, 5) is 24.6. The summed E-state index contributed by atoms with van der Waals surface area (Å²) in [5, 5.41) is 23.3. The monoisotopic (exact) mass is 1060 g/mol. The van der Waals surface area contributed by atoms with Gasteiger partial charge in [-0.25, -0.2) is 0 Å². The van der Waals surface area contributed by atoms with E-state index in [1.807, 2.05) is 0 Å². The highest BCUT2D eigenvalue weighted by atomic mass is 16.5. The number of allylic oxidation sites excluding steroid dienone is 4. The summed E-state index contributed by atoms with van der Waals surface area (Å²) in [5.74, 6) is -0.0246. The van der Waals surface area contributed by atoms with Crippen LogP contribution >= 0.6 is 0 Å². The summed E-state index contributed by atoms with van der Waals surface area (Å²) in [5.41, 5.74) is 0. The summed E-state index contributed by atoms with van der Waals surface area (Å²) in [6, 6.07) is -0.546. The molecule has 0 saturated heterocycles. The van der Waals surface area contributed by atoms with E-state index in [1.54, 1.807) is 0 Å². The molecule has 0 radical (unpaired) electrons. The largest absolute Gasteiger partial charge is 0.466 e. The van der Waals surface area contributed by atoms with Crippen molar-refractivity contribution in [2.45, 2.75) is 392 Å². The zero-order valence-corrected chi connectivity index (χ0v) is 50.8. The van der Waals surface area contributed by atoms with Gasteiger partial charge >= 0.3 is 5.97 Å². The van der Waals surface area contributed by atoms with Crippen molar-refractivity contribution in [1.29, 1.82) is 0 Å². The standard InChI is InChI=1S/C69H133NO5/c1-3-5-7-9-11-13-15-17-19-20-31-35-39-43-47-51-55-59-63-69(74)75-64-60-56-52-48-44-40-36-32-29-27-25-23-21-22-24-26-28-30-34-38-42-46-50-54-58-62-68(73)70-66(65-71)67(72)61-57-53-49-45-41-37-33-18-16-14-12-10-8-6-4-2/h22-25,66-67,71-72H,3-21,26-65H2,1-2H3,(H,70,73)/b24-22-,25-23-. The van der Waals surface area contributed by atoms with Crippen molar-refractivity contribution in [3.63, 3.8) is 0 Å². The fourth-order valence-corrected chi connectivity index (χ4v) is 10.8. The summed E-state index contributed by atoms with van der Waals surface area (Å²) >= 11 is 0. The zero-order chi connectivity index (χ0) is 54.3. The van der Waals surface area contributed by atoms with Gasteiger partial charge in [0.25, 0.3) is 0 Å². The first kappa shape index (κ1) is 73.3. The number of aliphatic hydroxyl groups excluding tert-OH is 2. The van der Waals surface area contributed by atoms with Crippen LogP contribution < -0.4 is 5.32 Å². The number of carbonyl (C=O) groups is 2. The summed E-state index contributed by atoms with van der Waals surface area (Å²) in [6.07, 6.45) is 80.7. The smallest absolute Gasteiger partial charge is 0.305 e. The minimum absolute atomic E-state index is 0.0141. The van der Waals surface area contributed by atoms with Crippen LogP contribution in [0.4, 0.5) is 0 Å². The van der Waals surface area contributed by atoms with E-state index in [2.05, 4.69) is 43.5 Å². The number of unbranched alkanes of at least 4 members (excludes halogenated alkanes) is 49. The van der Waals surface area contributed by atoms with E-state index in [0.717, 1.165) is 44.9 Å². The highest BCUT2D eigenvalue weighted by Gasteiger charge is 2.20. The fraction of sp³-hybridized carbons (Fsp3) is 0.913. The van der Waals surface area contributed by atoms with Gasteiger partial charge in [-0.1, -0.05) is 334 Å². The molecule has 6 heteroatoms. The van der Waals surface area contributed by atoms with Crippen LogP contribution in [-0.2, 0) is 14.3 Å². The summed E-state index contributed by atoms with van der Waals surface area (Å²) < 4.78 is 5.50. The molecule has 0 saturated carbocycles. The Morgan fingerprint density at radius 2 is 0.667 bits per heavy atom. The molecule has 0 aromatic heterocycles. The number of hydrogen-bond acceptors (Lipinski definition) is 5. The van der Waals surface area contributed by atoms with Crippen LogP contribution in [-0.4, -0.2) is 47.4 Å². The van der Waals surface area contributed by atoms with E-state index in [-0.39, 0.29) is 18.5 Å². The van der Waals surface area contributed by atoms with E-state index in [9.17, 15) is 19.8 Å². The minimum Gasteiger partial charge on any atom is -0.466 e. The molecule has 0 aromatic carbocycles. The Morgan fingerprint density at radius 3 is 1.01 bits per heavy atom. The number of carbonyl (C=O) groups excluding carboxylic acids is 2. The van der Waals surface area contributed by atoms with Gasteiger partial charge in [0.2, 0.25) is 5.91 Å². The van der Waals surface area contributed by atoms with Gasteiger partial charge in [-0.3, -0.25) is 9.59 Å². The predicted molar refractivity (Wildman–Crippen MR) is 329 cm³/mol. The third-order valence-electron chi connectivity index (χ3n) is 16.0. The van der Waals surface area contributed by atoms with Gasteiger partial charge in [0.05, 0.1) is 25.4 Å². The van der Waals surface area contributed by atoms with E-state index >= 15 is 0 Å². The second-order valence-corrected chi connectivity index (χ2v) is 23.5. The Bertz CT molecular complexity index is 1170. The van der Waals surface area contributed by atoms with E-state index in [1.165, 1.54) is 302 Å². The normalized spacial score (nSPS) is 12.6. The first-order valence-corrected chi connectivity index (χ1v) is 34.1. The fourth-order valence-electron chi connectivity index (χ4n) is 10.8. The van der Waals surface area contributed by atoms with Crippen LogP contribution in [0.5, 0.6) is 0 Å². The molecule has 0 rings (SSSR count). The first-order chi connectivity index (χ1) is 37.0. The van der Waals surface area contributed by atoms with Crippen LogP contribution in [0.3, 0.4) is 0 Å². The van der Waals surface area contributed by atoms with Crippen molar-refractivity contribution in [2.24, 2.45) is 0 Å². The first-order valence-electron chi connectivity index (χ1n) is 34.1. The maximum atomic E-state index is 12.5. The third-order valence-corrected chi connectivity index (χ3v) is 16.0. The van der Waals surface area contributed by atoms with Gasteiger partial charge in [0.15, 0.2) is 0 Å². The van der Waals surface area contributed by atoms with Crippen LogP contribution in [0.25, 0.3) is 0 Å². The topological polar surface area (TPSA) is 95.9 Å². The van der Waals surface area contributed by atoms with E-state index in [0.29, 0.717) is 25.9 Å². The van der Waals surface area contributed by atoms with Gasteiger partial charge in [-0.05, 0) is 57.8 Å². The van der Waals surface area contributed by atoms with Crippen LogP contribution in [0.15, 0.2) is 24.3 Å². The van der Waals surface area contributed by atoms with Gasteiger partial charge in [-0.2, -0.15) is 0 Å². The minimum atomic E-state index is -0.668. The highest BCUT2D eigenvalue weighted by Crippen LogP contribution is 2.18. The SMILES string of the molecule is CCCCCCCCCCCCCCCCCCCCC(=O)OCCCCCCCCCCC/C=C\C/C=C\CCCCCCCCCCCC(=O)NC(CO)C(O)CCCCCCCCCCCCCCCCC. The number of amides is 1. The second-order valence-electron chi connectivity index (χ2n) is 23.5. The molecule has 0 aliphatic carbocycles. The predicted octanol–water partition coefficient (Wildman–Crippen LogP) is 21.8. The van der Waals surface area contributed by atoms with Crippen molar-refractivity contribution < 1.29 is 24.5 Å². The molecule has 0 fully saturated rings. The number of nitrogens with one attached hydrogen (secondary N) is 1. The van der Waals surface area contributed by atoms with E-state index < -0.39 is 12.1 Å². The molecular formula is C69H133NO5. The van der Waals surface area contributed by atoms with Crippen LogP contribution in [0.2, 0.25) is 0 Å². The molecule has 444 valence electrons. The molecule has 0 aliphatic rings. The van der Waals surface area contributed by atoms with Gasteiger partial charge in [0, 0.05) is 12.8 Å². The lowest BCUT2D eigenvalue weighted by Gasteiger charge is -2.22. The molecule has 2 unspecified atom stereocenters. The molecule has 0 aromatic rings. The molecule has 0 heterocycles. The molecule has 1 amide bonds. The lowest BCUT2D eigenvalue weighted by Crippen LogP contribution is -2.45. The van der Waals surface area contributed by atoms with Gasteiger partial charge in [-0.15, -0.1) is 0 Å². The molecule has 0 aliphatic heterocycles. The summed E-state index contributed by atoms with van der Waals surface area (Å²) in [6.45, 7) is 4.98. The Hall–Kier alpha value is -1.66. The Kier molecular flexibility index (Phi) is 63.4. The Morgan fingerprint density at radius 1 is 0.373 bits per heavy atom. The number of ether oxygens (including phenoxy) is 1. The van der Waals surface area contributed by atoms with Crippen molar-refractivity contribution in [1.82, 2.24) is 5.32 Å². The molecular weight excluding hydrogens is 923 g/mol. The molecule has 75 heavy (non-hydrogen) atoms. The van der Waals surface area contributed by atoms with Crippen molar-refractivity contribution in [3.05, 3.63) is 24.3 Å². The van der Waals surface area contributed by atoms with Crippen molar-refractivity contribution >= 4 is 11.9 Å². The lowest BCUT2D eigenvalue weighted by atomic mass is 10.0. The van der Waals surface area contributed by atoms with Crippen LogP contribution in [0.1, 0.15) is 380 Å². The quantitative estimate of drug-likeness (QED) is 0.0320. The third kappa shape index (κ3) is 61.4. The Labute approximate surface area is 469 Å². The Balaban J connectivity index is 3.40. The van der Waals surface area contributed by atoms with Crippen molar-refractivity contribution in [3.8, 4) is 0 Å². The van der Waals surface area contributed by atoms with Crippen LogP contribution in [0, 0.1) is 0 Å². The number of aliphatic hydroxyl groups is 2. The van der Waals surface area contributed by atoms with Crippen molar-refractivity contribution in [2.75, 3.05) is 13.2 Å². The maximum Gasteiger partial charge on any atom is 0.305 e. The van der Waals surface area contributed by atoms with E-state index in [4.69, 9.17) is 4.74 Å². The molecule has 6 nitrogen and oxygen atoms in total. The lowest BCUT2D eigenvalue weighted by molar-refractivity contribution is -0.143. The molecule has 3 N–H and O–H groups in total. The summed E-state index contributed by atoms with van der Waals surface area (Å²) in [7, 11) is 0. The second kappa shape index (κ2) is 64.9.